The molecule has 2 rings (SSSR count). The van der Waals surface area contributed by atoms with E-state index in [1.165, 1.54) is 12.8 Å². The van der Waals surface area contributed by atoms with Gasteiger partial charge < -0.3 is 5.32 Å². The highest BCUT2D eigenvalue weighted by Gasteiger charge is 2.26. The second kappa shape index (κ2) is 5.06. The van der Waals surface area contributed by atoms with E-state index in [0.29, 0.717) is 6.04 Å². The van der Waals surface area contributed by atoms with Crippen LogP contribution >= 0.6 is 11.9 Å². The van der Waals surface area contributed by atoms with Gasteiger partial charge in [0.1, 0.15) is 5.82 Å². The molecule has 0 bridgehead atoms. The molecule has 1 unspecified atom stereocenters. The SMILES string of the molecule is CSN1NC(NC2CC2)=CC(NC(C)(C)C)N1. The molecule has 17 heavy (non-hydrogen) atoms. The molecule has 1 aliphatic carbocycles. The van der Waals surface area contributed by atoms with E-state index in [9.17, 15) is 0 Å². The molecule has 5 nitrogen and oxygen atoms in total. The minimum absolute atomic E-state index is 0.0836. The zero-order valence-electron chi connectivity index (χ0n) is 11.0. The van der Waals surface area contributed by atoms with E-state index >= 15 is 0 Å². The van der Waals surface area contributed by atoms with Crippen molar-refractivity contribution < 1.29 is 0 Å². The van der Waals surface area contributed by atoms with Gasteiger partial charge in [0.15, 0.2) is 0 Å². The smallest absolute Gasteiger partial charge is 0.114 e. The Hall–Kier alpha value is -0.430. The van der Waals surface area contributed by atoms with Gasteiger partial charge in [-0.05, 0) is 57.9 Å². The predicted octanol–water partition coefficient (Wildman–Crippen LogP) is 0.897. The molecule has 0 spiro atoms. The molecule has 1 fully saturated rings. The number of hydrogen-bond acceptors (Lipinski definition) is 6. The summed E-state index contributed by atoms with van der Waals surface area (Å²) in [5, 5.41) is 7.01. The van der Waals surface area contributed by atoms with Crippen molar-refractivity contribution >= 4 is 11.9 Å². The molecule has 1 heterocycles. The van der Waals surface area contributed by atoms with Crippen LogP contribution in [0.3, 0.4) is 0 Å². The number of hydrazine groups is 2. The van der Waals surface area contributed by atoms with E-state index in [1.807, 2.05) is 10.8 Å². The first-order valence-electron chi connectivity index (χ1n) is 6.09. The molecular weight excluding hydrogens is 234 g/mol. The Kier molecular flexibility index (Phi) is 3.87. The van der Waals surface area contributed by atoms with E-state index in [0.717, 1.165) is 5.82 Å². The van der Waals surface area contributed by atoms with Crippen molar-refractivity contribution in [2.24, 2.45) is 0 Å². The van der Waals surface area contributed by atoms with E-state index in [2.05, 4.69) is 48.3 Å². The molecule has 6 heteroatoms. The zero-order chi connectivity index (χ0) is 12.5. The minimum atomic E-state index is 0.0836. The van der Waals surface area contributed by atoms with Crippen LogP contribution in [0.4, 0.5) is 0 Å². The molecule has 1 saturated carbocycles. The van der Waals surface area contributed by atoms with Crippen LogP contribution in [0, 0.1) is 0 Å². The summed E-state index contributed by atoms with van der Waals surface area (Å²) in [6, 6.07) is 0.658. The van der Waals surface area contributed by atoms with Gasteiger partial charge in [0.05, 0.1) is 6.17 Å². The second-order valence-corrected chi connectivity index (χ2v) is 6.32. The summed E-state index contributed by atoms with van der Waals surface area (Å²) < 4.78 is 1.92. The quantitative estimate of drug-likeness (QED) is 0.562. The maximum Gasteiger partial charge on any atom is 0.114 e. The molecule has 0 amide bonds. The molecule has 0 aromatic rings. The zero-order valence-corrected chi connectivity index (χ0v) is 11.8. The lowest BCUT2D eigenvalue weighted by molar-refractivity contribution is 0.194. The molecule has 1 atom stereocenters. The van der Waals surface area contributed by atoms with E-state index in [-0.39, 0.29) is 11.7 Å². The van der Waals surface area contributed by atoms with Crippen LogP contribution in [-0.2, 0) is 0 Å². The van der Waals surface area contributed by atoms with Gasteiger partial charge in [0.25, 0.3) is 0 Å². The van der Waals surface area contributed by atoms with Crippen molar-refractivity contribution in [3.8, 4) is 0 Å². The third-order valence-electron chi connectivity index (χ3n) is 2.52. The Labute approximate surface area is 108 Å². The summed E-state index contributed by atoms with van der Waals surface area (Å²) >= 11 is 1.62. The first-order chi connectivity index (χ1) is 7.96. The topological polar surface area (TPSA) is 51.4 Å². The first-order valence-corrected chi connectivity index (χ1v) is 7.27. The molecule has 2 aliphatic rings. The number of hydrogen-bond donors (Lipinski definition) is 4. The molecule has 0 saturated heterocycles. The molecule has 0 aromatic carbocycles. The Bertz CT molecular complexity index is 295. The highest BCUT2D eigenvalue weighted by atomic mass is 32.2. The lowest BCUT2D eigenvalue weighted by atomic mass is 10.1. The molecule has 1 aliphatic heterocycles. The average Bonchev–Trinajstić information content (AvgIpc) is 2.98. The summed E-state index contributed by atoms with van der Waals surface area (Å²) in [7, 11) is 0. The van der Waals surface area contributed by atoms with Crippen LogP contribution in [0.5, 0.6) is 0 Å². The van der Waals surface area contributed by atoms with E-state index in [4.69, 9.17) is 0 Å². The van der Waals surface area contributed by atoms with Crippen molar-refractivity contribution in [2.45, 2.75) is 51.4 Å². The summed E-state index contributed by atoms with van der Waals surface area (Å²) in [6.07, 6.45) is 6.90. The lowest BCUT2D eigenvalue weighted by Crippen LogP contribution is -2.61. The van der Waals surface area contributed by atoms with Gasteiger partial charge in [-0.25, -0.2) is 5.43 Å². The Balaban J connectivity index is 1.97. The Morgan fingerprint density at radius 3 is 2.65 bits per heavy atom. The summed E-state index contributed by atoms with van der Waals surface area (Å²) in [5.74, 6) is 1.09. The molecule has 0 radical (unpaired) electrons. The van der Waals surface area contributed by atoms with Crippen LogP contribution in [0.2, 0.25) is 0 Å². The first kappa shape index (κ1) is 13.0. The largest absolute Gasteiger partial charge is 0.368 e. The maximum atomic E-state index is 3.52. The second-order valence-electron chi connectivity index (χ2n) is 5.59. The lowest BCUT2D eigenvalue weighted by Gasteiger charge is -2.36. The van der Waals surface area contributed by atoms with Gasteiger partial charge in [-0.1, -0.05) is 4.52 Å². The van der Waals surface area contributed by atoms with E-state index in [1.54, 1.807) is 11.9 Å². The number of nitrogens with one attached hydrogen (secondary N) is 4. The fourth-order valence-corrected chi connectivity index (χ4v) is 2.08. The minimum Gasteiger partial charge on any atom is -0.368 e. The molecular formula is C11H23N5S. The number of rotatable bonds is 4. The fraction of sp³-hybridized carbons (Fsp3) is 0.818. The Morgan fingerprint density at radius 1 is 1.41 bits per heavy atom. The van der Waals surface area contributed by atoms with Crippen LogP contribution in [0.15, 0.2) is 11.9 Å². The predicted molar refractivity (Wildman–Crippen MR) is 72.5 cm³/mol. The van der Waals surface area contributed by atoms with Crippen molar-refractivity contribution in [1.82, 2.24) is 26.0 Å². The van der Waals surface area contributed by atoms with Gasteiger partial charge >= 0.3 is 0 Å². The van der Waals surface area contributed by atoms with Gasteiger partial charge in [0, 0.05) is 11.6 Å². The standard InChI is InChI=1S/C11H23N5S/c1-11(2,3)13-10-7-9(12-8-5-6-8)14-16(15-10)17-4/h7-8,10,12-15H,5-6H2,1-4H3. The monoisotopic (exact) mass is 257 g/mol. The molecule has 4 N–H and O–H groups in total. The summed E-state index contributed by atoms with van der Waals surface area (Å²) in [5.41, 5.74) is 6.71. The van der Waals surface area contributed by atoms with Crippen LogP contribution in [0.25, 0.3) is 0 Å². The van der Waals surface area contributed by atoms with Crippen LogP contribution in [-0.4, -0.2) is 28.5 Å². The van der Waals surface area contributed by atoms with Crippen molar-refractivity contribution in [2.75, 3.05) is 6.26 Å². The normalized spacial score (nSPS) is 26.4. The van der Waals surface area contributed by atoms with Gasteiger partial charge in [-0.2, -0.15) is 0 Å². The summed E-state index contributed by atoms with van der Waals surface area (Å²) in [4.78, 5) is 0. The third kappa shape index (κ3) is 4.39. The maximum absolute atomic E-state index is 3.52. The fourth-order valence-electron chi connectivity index (χ4n) is 1.68. The molecule has 0 aromatic heterocycles. The number of nitrogens with zero attached hydrogens (tertiary/aromatic N) is 1. The van der Waals surface area contributed by atoms with Crippen molar-refractivity contribution in [3.05, 3.63) is 11.9 Å². The van der Waals surface area contributed by atoms with Crippen molar-refractivity contribution in [1.29, 1.82) is 0 Å². The highest BCUT2D eigenvalue weighted by molar-refractivity contribution is 7.96. The Morgan fingerprint density at radius 2 is 2.12 bits per heavy atom. The third-order valence-corrected chi connectivity index (χ3v) is 3.08. The van der Waals surface area contributed by atoms with E-state index < -0.39 is 0 Å². The van der Waals surface area contributed by atoms with Gasteiger partial charge in [0.2, 0.25) is 0 Å². The highest BCUT2D eigenvalue weighted by Crippen LogP contribution is 2.20. The van der Waals surface area contributed by atoms with Crippen LogP contribution < -0.4 is 21.5 Å². The van der Waals surface area contributed by atoms with Gasteiger partial charge in [-0.3, -0.25) is 10.7 Å². The molecule has 98 valence electrons. The summed E-state index contributed by atoms with van der Waals surface area (Å²) in [6.45, 7) is 6.51. The average molecular weight is 257 g/mol. The van der Waals surface area contributed by atoms with Crippen molar-refractivity contribution in [3.63, 3.8) is 0 Å². The van der Waals surface area contributed by atoms with Gasteiger partial charge in [-0.15, -0.1) is 0 Å². The van der Waals surface area contributed by atoms with Crippen LogP contribution in [0.1, 0.15) is 33.6 Å².